The molecular formula is C15H30O2. The molecule has 0 bridgehead atoms. The van der Waals surface area contributed by atoms with Crippen molar-refractivity contribution in [2.75, 3.05) is 26.4 Å². The molecular weight excluding hydrogens is 212 g/mol. The summed E-state index contributed by atoms with van der Waals surface area (Å²) in [5, 5.41) is 0. The molecule has 1 fully saturated rings. The smallest absolute Gasteiger partial charge is 0.0516 e. The van der Waals surface area contributed by atoms with Gasteiger partial charge in [-0.05, 0) is 37.5 Å². The number of hydrogen-bond donors (Lipinski definition) is 0. The molecule has 3 atom stereocenters. The maximum absolute atomic E-state index is 5.92. The summed E-state index contributed by atoms with van der Waals surface area (Å²) in [7, 11) is 0. The molecule has 102 valence electrons. The third-order valence-corrected chi connectivity index (χ3v) is 4.03. The molecule has 1 aliphatic heterocycles. The molecule has 1 heterocycles. The summed E-state index contributed by atoms with van der Waals surface area (Å²) in [6.07, 6.45) is 6.22. The Morgan fingerprint density at radius 2 is 1.82 bits per heavy atom. The highest BCUT2D eigenvalue weighted by Crippen LogP contribution is 2.23. The number of hydrogen-bond acceptors (Lipinski definition) is 2. The lowest BCUT2D eigenvalue weighted by Gasteiger charge is -2.23. The van der Waals surface area contributed by atoms with Gasteiger partial charge >= 0.3 is 0 Å². The summed E-state index contributed by atoms with van der Waals surface area (Å²) >= 11 is 0. The van der Waals surface area contributed by atoms with Crippen molar-refractivity contribution in [3.63, 3.8) is 0 Å². The molecule has 0 aromatic heterocycles. The average Bonchev–Trinajstić information content (AvgIpc) is 2.37. The lowest BCUT2D eigenvalue weighted by Crippen LogP contribution is -2.21. The molecule has 17 heavy (non-hydrogen) atoms. The molecule has 0 aromatic carbocycles. The maximum Gasteiger partial charge on any atom is 0.0516 e. The molecule has 2 nitrogen and oxygen atoms in total. The molecule has 0 amide bonds. The highest BCUT2D eigenvalue weighted by atomic mass is 16.5. The normalized spacial score (nSPS) is 33.0. The predicted octanol–water partition coefficient (Wildman–Crippen LogP) is 3.89. The van der Waals surface area contributed by atoms with Crippen LogP contribution < -0.4 is 0 Å². The van der Waals surface area contributed by atoms with Crippen LogP contribution in [0.25, 0.3) is 0 Å². The fourth-order valence-electron chi connectivity index (χ4n) is 2.57. The Morgan fingerprint density at radius 1 is 1.06 bits per heavy atom. The van der Waals surface area contributed by atoms with Crippen molar-refractivity contribution in [1.82, 2.24) is 0 Å². The predicted molar refractivity (Wildman–Crippen MR) is 72.2 cm³/mol. The van der Waals surface area contributed by atoms with Crippen molar-refractivity contribution in [2.24, 2.45) is 17.8 Å². The standard InChI is InChI=1S/C15H30O2/c1-4-7-15-12-17-11-14(5-2)10-16-9-6-8-13(15)3/h13-15H,4-12H2,1-3H3. The summed E-state index contributed by atoms with van der Waals surface area (Å²) in [5.41, 5.74) is 0. The van der Waals surface area contributed by atoms with Crippen LogP contribution in [0.4, 0.5) is 0 Å². The molecule has 3 unspecified atom stereocenters. The second-order valence-electron chi connectivity index (χ2n) is 5.55. The largest absolute Gasteiger partial charge is 0.381 e. The Labute approximate surface area is 107 Å². The van der Waals surface area contributed by atoms with Crippen LogP contribution in [0.1, 0.15) is 52.9 Å². The number of rotatable bonds is 3. The van der Waals surface area contributed by atoms with Gasteiger partial charge in [-0.15, -0.1) is 0 Å². The topological polar surface area (TPSA) is 18.5 Å². The van der Waals surface area contributed by atoms with Crippen molar-refractivity contribution in [3.8, 4) is 0 Å². The van der Waals surface area contributed by atoms with E-state index in [-0.39, 0.29) is 0 Å². The number of ether oxygens (including phenoxy) is 2. The first-order chi connectivity index (χ1) is 8.27. The van der Waals surface area contributed by atoms with Gasteiger partial charge in [-0.3, -0.25) is 0 Å². The van der Waals surface area contributed by atoms with Gasteiger partial charge in [0.1, 0.15) is 0 Å². The Kier molecular flexibility index (Phi) is 7.87. The first-order valence-corrected chi connectivity index (χ1v) is 7.43. The molecule has 0 aromatic rings. The van der Waals surface area contributed by atoms with Crippen LogP contribution >= 0.6 is 0 Å². The van der Waals surface area contributed by atoms with E-state index in [1.165, 1.54) is 25.7 Å². The quantitative estimate of drug-likeness (QED) is 0.747. The molecule has 2 heteroatoms. The van der Waals surface area contributed by atoms with Crippen molar-refractivity contribution in [2.45, 2.75) is 52.9 Å². The van der Waals surface area contributed by atoms with Crippen LogP contribution in [0.5, 0.6) is 0 Å². The SMILES string of the molecule is CCCC1COCC(CC)COCCCC1C. The van der Waals surface area contributed by atoms with E-state index in [0.29, 0.717) is 5.92 Å². The molecule has 0 saturated carbocycles. The van der Waals surface area contributed by atoms with Crippen molar-refractivity contribution in [3.05, 3.63) is 0 Å². The lowest BCUT2D eigenvalue weighted by atomic mass is 9.87. The van der Waals surface area contributed by atoms with E-state index in [1.54, 1.807) is 0 Å². The Bertz CT molecular complexity index is 182. The van der Waals surface area contributed by atoms with Gasteiger partial charge in [0.15, 0.2) is 0 Å². The zero-order chi connectivity index (χ0) is 12.5. The summed E-state index contributed by atoms with van der Waals surface area (Å²) < 4.78 is 11.7. The average molecular weight is 242 g/mol. The summed E-state index contributed by atoms with van der Waals surface area (Å²) in [6.45, 7) is 10.5. The molecule has 1 aliphatic rings. The monoisotopic (exact) mass is 242 g/mol. The second-order valence-corrected chi connectivity index (χ2v) is 5.55. The van der Waals surface area contributed by atoms with Crippen LogP contribution in [0.2, 0.25) is 0 Å². The van der Waals surface area contributed by atoms with Crippen LogP contribution in [0.15, 0.2) is 0 Å². The Hall–Kier alpha value is -0.0800. The second kappa shape index (κ2) is 8.93. The Morgan fingerprint density at radius 3 is 2.53 bits per heavy atom. The minimum atomic E-state index is 0.589. The highest BCUT2D eigenvalue weighted by Gasteiger charge is 2.18. The zero-order valence-corrected chi connectivity index (χ0v) is 11.9. The van der Waals surface area contributed by atoms with Gasteiger partial charge in [0.2, 0.25) is 0 Å². The highest BCUT2D eigenvalue weighted by molar-refractivity contribution is 4.67. The summed E-state index contributed by atoms with van der Waals surface area (Å²) in [5.74, 6) is 2.11. The summed E-state index contributed by atoms with van der Waals surface area (Å²) in [4.78, 5) is 0. The first kappa shape index (κ1) is 15.0. The first-order valence-electron chi connectivity index (χ1n) is 7.43. The molecule has 1 rings (SSSR count). The van der Waals surface area contributed by atoms with Gasteiger partial charge in [-0.1, -0.05) is 27.2 Å². The third kappa shape index (κ3) is 5.87. The molecule has 0 aliphatic carbocycles. The van der Waals surface area contributed by atoms with Crippen LogP contribution in [0.3, 0.4) is 0 Å². The van der Waals surface area contributed by atoms with Gasteiger partial charge in [-0.2, -0.15) is 0 Å². The van der Waals surface area contributed by atoms with Crippen LogP contribution in [0, 0.1) is 17.8 Å². The minimum Gasteiger partial charge on any atom is -0.381 e. The fourth-order valence-corrected chi connectivity index (χ4v) is 2.57. The summed E-state index contributed by atoms with van der Waals surface area (Å²) in [6, 6.07) is 0. The van der Waals surface area contributed by atoms with Crippen molar-refractivity contribution in [1.29, 1.82) is 0 Å². The van der Waals surface area contributed by atoms with E-state index in [0.717, 1.165) is 44.7 Å². The van der Waals surface area contributed by atoms with E-state index in [2.05, 4.69) is 20.8 Å². The van der Waals surface area contributed by atoms with Gasteiger partial charge in [0.25, 0.3) is 0 Å². The fraction of sp³-hybridized carbons (Fsp3) is 1.00. The molecule has 0 spiro atoms. The minimum absolute atomic E-state index is 0.589. The van der Waals surface area contributed by atoms with Crippen molar-refractivity contribution >= 4 is 0 Å². The maximum atomic E-state index is 5.92. The van der Waals surface area contributed by atoms with Crippen LogP contribution in [-0.4, -0.2) is 26.4 Å². The van der Waals surface area contributed by atoms with Gasteiger partial charge in [0.05, 0.1) is 13.2 Å². The van der Waals surface area contributed by atoms with E-state index in [9.17, 15) is 0 Å². The van der Waals surface area contributed by atoms with Gasteiger partial charge in [-0.25, -0.2) is 0 Å². The molecule has 1 saturated heterocycles. The zero-order valence-electron chi connectivity index (χ0n) is 11.9. The van der Waals surface area contributed by atoms with Crippen LogP contribution in [-0.2, 0) is 9.47 Å². The van der Waals surface area contributed by atoms with Gasteiger partial charge in [0, 0.05) is 19.1 Å². The van der Waals surface area contributed by atoms with E-state index in [4.69, 9.17) is 9.47 Å². The van der Waals surface area contributed by atoms with E-state index >= 15 is 0 Å². The lowest BCUT2D eigenvalue weighted by molar-refractivity contribution is 0.0256. The van der Waals surface area contributed by atoms with Crippen molar-refractivity contribution < 1.29 is 9.47 Å². The molecule has 0 N–H and O–H groups in total. The third-order valence-electron chi connectivity index (χ3n) is 4.03. The van der Waals surface area contributed by atoms with E-state index in [1.807, 2.05) is 0 Å². The Balaban J connectivity index is 2.45. The van der Waals surface area contributed by atoms with E-state index < -0.39 is 0 Å². The van der Waals surface area contributed by atoms with Gasteiger partial charge < -0.3 is 9.47 Å². The molecule has 0 radical (unpaired) electrons.